The zero-order chi connectivity index (χ0) is 24.5. The Morgan fingerprint density at radius 1 is 1.00 bits per heavy atom. The first-order valence-electron chi connectivity index (χ1n) is 10.6. The molecule has 0 heterocycles. The summed E-state index contributed by atoms with van der Waals surface area (Å²) in [6.07, 6.45) is 0. The number of nitrogens with zero attached hydrogens (tertiary/aromatic N) is 5. The number of nitrogens with one attached hydrogen (secondary N) is 1. The molecule has 0 radical (unpaired) electrons. The number of hydrogen-bond donors (Lipinski definition) is 2. The Labute approximate surface area is 203 Å². The number of rotatable bonds is 9. The number of thiocarbonyl (C=S) groups is 1. The van der Waals surface area contributed by atoms with Crippen molar-refractivity contribution in [3.63, 3.8) is 0 Å². The summed E-state index contributed by atoms with van der Waals surface area (Å²) in [5.41, 5.74) is 2.55. The van der Waals surface area contributed by atoms with Crippen LogP contribution in [0.2, 0.25) is 0 Å². The van der Waals surface area contributed by atoms with Crippen molar-refractivity contribution in [3.8, 4) is 5.75 Å². The van der Waals surface area contributed by atoms with Gasteiger partial charge in [-0.3, -0.25) is 10.1 Å². The topological polar surface area (TPSA) is 107 Å². The van der Waals surface area contributed by atoms with E-state index in [0.29, 0.717) is 35.1 Å². The summed E-state index contributed by atoms with van der Waals surface area (Å²) in [5, 5.41) is 33.4. The van der Waals surface area contributed by atoms with Crippen molar-refractivity contribution >= 4 is 40.1 Å². The van der Waals surface area contributed by atoms with Gasteiger partial charge in [0, 0.05) is 43.0 Å². The SMILES string of the molecule is CN(C)CCN(Cc1cc(N=Nc2ccc([N+](=O)[O-])cc2)ccc1O)C(=S)Nc1ccccc1. The van der Waals surface area contributed by atoms with E-state index in [2.05, 4.69) is 20.4 Å². The number of benzene rings is 3. The molecule has 10 heteroatoms. The molecule has 0 bridgehead atoms. The van der Waals surface area contributed by atoms with E-state index in [9.17, 15) is 15.2 Å². The van der Waals surface area contributed by atoms with Crippen LogP contribution in [-0.4, -0.2) is 52.1 Å². The summed E-state index contributed by atoms with van der Waals surface area (Å²) in [7, 11) is 3.98. The smallest absolute Gasteiger partial charge is 0.269 e. The highest BCUT2D eigenvalue weighted by atomic mass is 32.1. The fourth-order valence-corrected chi connectivity index (χ4v) is 3.29. The molecule has 9 nitrogen and oxygen atoms in total. The molecule has 2 N–H and O–H groups in total. The first-order valence-corrected chi connectivity index (χ1v) is 11.0. The lowest BCUT2D eigenvalue weighted by molar-refractivity contribution is -0.384. The largest absolute Gasteiger partial charge is 0.508 e. The normalized spacial score (nSPS) is 11.0. The van der Waals surface area contributed by atoms with Crippen molar-refractivity contribution in [3.05, 3.63) is 88.5 Å². The summed E-state index contributed by atoms with van der Waals surface area (Å²) in [6, 6.07) is 20.4. The van der Waals surface area contributed by atoms with Crippen LogP contribution in [0.3, 0.4) is 0 Å². The Hall–Kier alpha value is -3.89. The number of azo groups is 1. The van der Waals surface area contributed by atoms with Crippen molar-refractivity contribution in [1.82, 2.24) is 9.80 Å². The molecule has 0 fully saturated rings. The van der Waals surface area contributed by atoms with Crippen LogP contribution >= 0.6 is 12.2 Å². The first-order chi connectivity index (χ1) is 16.3. The van der Waals surface area contributed by atoms with Gasteiger partial charge in [-0.15, -0.1) is 0 Å². The van der Waals surface area contributed by atoms with Gasteiger partial charge in [0.2, 0.25) is 0 Å². The fourth-order valence-electron chi connectivity index (χ4n) is 3.02. The van der Waals surface area contributed by atoms with Crippen molar-refractivity contribution < 1.29 is 10.0 Å². The number of hydrogen-bond acceptors (Lipinski definition) is 7. The van der Waals surface area contributed by atoms with Crippen LogP contribution in [0.15, 0.2) is 83.0 Å². The van der Waals surface area contributed by atoms with Crippen molar-refractivity contribution in [2.45, 2.75) is 6.54 Å². The number of aromatic hydroxyl groups is 1. The van der Waals surface area contributed by atoms with Gasteiger partial charge in [-0.05, 0) is 68.8 Å². The van der Waals surface area contributed by atoms with Gasteiger partial charge in [-0.2, -0.15) is 10.2 Å². The van der Waals surface area contributed by atoms with Gasteiger partial charge in [0.05, 0.1) is 16.3 Å². The molecule has 34 heavy (non-hydrogen) atoms. The number of anilines is 1. The summed E-state index contributed by atoms with van der Waals surface area (Å²) in [5.74, 6) is 0.131. The minimum absolute atomic E-state index is 0.0104. The number of non-ortho nitro benzene ring substituents is 1. The molecular formula is C24H26N6O3S. The zero-order valence-corrected chi connectivity index (χ0v) is 19.8. The number of phenols is 1. The van der Waals surface area contributed by atoms with Gasteiger partial charge in [0.25, 0.3) is 5.69 Å². The molecule has 0 saturated heterocycles. The highest BCUT2D eigenvalue weighted by Gasteiger charge is 2.14. The van der Waals surface area contributed by atoms with E-state index in [1.165, 1.54) is 24.3 Å². The second-order valence-corrected chi connectivity index (χ2v) is 8.19. The van der Waals surface area contributed by atoms with E-state index < -0.39 is 4.92 Å². The van der Waals surface area contributed by atoms with Crippen molar-refractivity contribution in [2.75, 3.05) is 32.5 Å². The number of nitro groups is 1. The van der Waals surface area contributed by atoms with Crippen LogP contribution in [-0.2, 0) is 6.54 Å². The third-order valence-corrected chi connectivity index (χ3v) is 5.26. The van der Waals surface area contributed by atoms with Crippen LogP contribution in [0.1, 0.15) is 5.56 Å². The lowest BCUT2D eigenvalue weighted by Crippen LogP contribution is -2.38. The quantitative estimate of drug-likeness (QED) is 0.182. The van der Waals surface area contributed by atoms with Crippen molar-refractivity contribution in [1.29, 1.82) is 0 Å². The van der Waals surface area contributed by atoms with Crippen molar-refractivity contribution in [2.24, 2.45) is 10.2 Å². The molecule has 3 aromatic carbocycles. The molecule has 0 amide bonds. The Morgan fingerprint density at radius 2 is 1.65 bits per heavy atom. The van der Waals surface area contributed by atoms with Gasteiger partial charge < -0.3 is 20.2 Å². The fraction of sp³-hybridized carbons (Fsp3) is 0.208. The maximum absolute atomic E-state index is 10.8. The Bertz CT molecular complexity index is 1150. The molecule has 0 aliphatic rings. The van der Waals surface area contributed by atoms with E-state index >= 15 is 0 Å². The highest BCUT2D eigenvalue weighted by molar-refractivity contribution is 7.80. The monoisotopic (exact) mass is 478 g/mol. The van der Waals surface area contributed by atoms with E-state index in [0.717, 1.165) is 12.2 Å². The molecular weight excluding hydrogens is 452 g/mol. The molecule has 0 unspecified atom stereocenters. The number of phenolic OH excluding ortho intramolecular Hbond substituents is 1. The Kier molecular flexibility index (Phi) is 8.60. The predicted octanol–water partition coefficient (Wildman–Crippen LogP) is 5.48. The van der Waals surface area contributed by atoms with E-state index in [4.69, 9.17) is 12.2 Å². The maximum Gasteiger partial charge on any atom is 0.269 e. The molecule has 0 spiro atoms. The average Bonchev–Trinajstić information content (AvgIpc) is 2.82. The van der Waals surface area contributed by atoms with Crippen LogP contribution in [0, 0.1) is 10.1 Å². The predicted molar refractivity (Wildman–Crippen MR) is 137 cm³/mol. The average molecular weight is 479 g/mol. The molecule has 176 valence electrons. The molecule has 0 aliphatic heterocycles. The molecule has 0 aliphatic carbocycles. The van der Waals surface area contributed by atoms with Crippen LogP contribution in [0.5, 0.6) is 5.75 Å². The summed E-state index contributed by atoms with van der Waals surface area (Å²) >= 11 is 5.65. The minimum atomic E-state index is -0.466. The Morgan fingerprint density at radius 3 is 2.29 bits per heavy atom. The van der Waals surface area contributed by atoms with Gasteiger partial charge in [0.1, 0.15) is 5.75 Å². The zero-order valence-electron chi connectivity index (χ0n) is 19.0. The second kappa shape index (κ2) is 11.8. The number of para-hydroxylation sites is 1. The third kappa shape index (κ3) is 7.32. The number of likely N-dealkylation sites (N-methyl/N-ethyl adjacent to an activating group) is 1. The second-order valence-electron chi connectivity index (χ2n) is 7.81. The van der Waals surface area contributed by atoms with Crippen LogP contribution < -0.4 is 5.32 Å². The first kappa shape index (κ1) is 24.7. The highest BCUT2D eigenvalue weighted by Crippen LogP contribution is 2.27. The lowest BCUT2D eigenvalue weighted by atomic mass is 10.1. The van der Waals surface area contributed by atoms with Crippen LogP contribution in [0.4, 0.5) is 22.7 Å². The minimum Gasteiger partial charge on any atom is -0.508 e. The summed E-state index contributed by atoms with van der Waals surface area (Å²) in [6.45, 7) is 1.80. The Balaban J connectivity index is 1.76. The third-order valence-electron chi connectivity index (χ3n) is 4.90. The number of nitro benzene ring substituents is 1. The van der Waals surface area contributed by atoms with Crippen LogP contribution in [0.25, 0.3) is 0 Å². The van der Waals surface area contributed by atoms with Gasteiger partial charge in [-0.25, -0.2) is 0 Å². The van der Waals surface area contributed by atoms with E-state index in [1.54, 1.807) is 18.2 Å². The molecule has 0 atom stereocenters. The van der Waals surface area contributed by atoms with E-state index in [-0.39, 0.29) is 11.4 Å². The molecule has 0 aromatic heterocycles. The van der Waals surface area contributed by atoms with Gasteiger partial charge in [-0.1, -0.05) is 18.2 Å². The summed E-state index contributed by atoms with van der Waals surface area (Å²) < 4.78 is 0. The molecule has 0 saturated carbocycles. The van der Waals surface area contributed by atoms with Gasteiger partial charge in [0.15, 0.2) is 5.11 Å². The molecule has 3 aromatic rings. The van der Waals surface area contributed by atoms with E-state index in [1.807, 2.05) is 49.3 Å². The summed E-state index contributed by atoms with van der Waals surface area (Å²) in [4.78, 5) is 14.4. The standard InChI is InChI=1S/C24H26N6O3S/c1-28(2)14-15-29(24(34)25-19-6-4-3-5-7-19)17-18-16-21(10-13-23(18)31)27-26-20-8-11-22(12-9-20)30(32)33/h3-13,16,31H,14-15,17H2,1-2H3,(H,25,34). The van der Waals surface area contributed by atoms with Gasteiger partial charge >= 0.3 is 0 Å². The molecule has 3 rings (SSSR count). The lowest BCUT2D eigenvalue weighted by Gasteiger charge is -2.27. The maximum atomic E-state index is 10.8.